The van der Waals surface area contributed by atoms with Crippen LogP contribution in [-0.4, -0.2) is 259 Å². The zero-order chi connectivity index (χ0) is 103. The van der Waals surface area contributed by atoms with Crippen LogP contribution in [-0.2, 0) is 81.6 Å². The SMILES string of the molecule is C[C@@H]1/C=C/[C@@H](CCCCN)NC(=O)[C@H](CCCCN)NC(=O)[C@H](CCCNC(=N)N)NC(=O)[C@H](Cc2ccc(O)cc2)NC(=O)[C@@H](NC(=O)[C@H](Cc2ccc3ccccc3c2)NC(=O)[C@H](CCCNC(=N)N)NC(=O)[C@@H](N)CCCNC(=N)N)C/C=C/C[C@@H](C(=O)N[C@@H](CCCNC(=N)N)C(=O)O)NC(=O)[C@H](CCCNC(N)=O)NC(=O)[C@H](CCCNC(=N)N)NC(=O)[C@H](Cc2ccc(O)cc2)NC1=O. The first-order valence-electron chi connectivity index (χ1n) is 46.6. The number of nitrogens with two attached hydrogens (primary N) is 9. The van der Waals surface area contributed by atoms with Gasteiger partial charge in [0.15, 0.2) is 29.8 Å². The summed E-state index contributed by atoms with van der Waals surface area (Å²) in [5, 5.41) is 120. The largest absolute Gasteiger partial charge is 0.508 e. The molecule has 1 aliphatic rings. The molecule has 0 aromatic heterocycles. The van der Waals surface area contributed by atoms with E-state index < -0.39 is 210 Å². The van der Waals surface area contributed by atoms with Gasteiger partial charge in [-0.05, 0) is 193 Å². The molecule has 4 aromatic carbocycles. The van der Waals surface area contributed by atoms with E-state index in [1.807, 2.05) is 6.07 Å². The van der Waals surface area contributed by atoms with Crippen LogP contribution in [0.25, 0.3) is 10.8 Å². The van der Waals surface area contributed by atoms with Crippen molar-refractivity contribution in [3.05, 3.63) is 132 Å². The predicted molar refractivity (Wildman–Crippen MR) is 525 cm³/mol. The van der Waals surface area contributed by atoms with Gasteiger partial charge in [0.05, 0.1) is 12.0 Å². The number of benzene rings is 4. The van der Waals surface area contributed by atoms with Gasteiger partial charge in [-0.25, -0.2) is 9.59 Å². The zero-order valence-corrected chi connectivity index (χ0v) is 78.7. The van der Waals surface area contributed by atoms with Gasteiger partial charge < -0.3 is 163 Å². The monoisotopic (exact) mass is 1960 g/mol. The maximum Gasteiger partial charge on any atom is 0.326 e. The Morgan fingerprint density at radius 3 is 1.28 bits per heavy atom. The molecular formula is C91H142N32O17. The number of unbranched alkanes of at least 4 members (excludes halogenated alkanes) is 2. The van der Waals surface area contributed by atoms with Gasteiger partial charge >= 0.3 is 12.0 Å². The predicted octanol–water partition coefficient (Wildman–Crippen LogP) is -4.93. The first-order valence-corrected chi connectivity index (χ1v) is 46.6. The number of amides is 14. The van der Waals surface area contributed by atoms with Crippen molar-refractivity contribution in [2.75, 3.05) is 52.4 Å². The number of phenols is 2. The molecule has 1 aliphatic heterocycles. The minimum atomic E-state index is -1.91. The molecule has 0 saturated heterocycles. The molecule has 0 bridgehead atoms. The number of phenolic OH excluding ortho intramolecular Hbond substituents is 2. The fourth-order valence-corrected chi connectivity index (χ4v) is 14.7. The van der Waals surface area contributed by atoms with Crippen molar-refractivity contribution in [1.29, 1.82) is 27.0 Å². The van der Waals surface area contributed by atoms with E-state index in [0.29, 0.717) is 35.8 Å². The highest BCUT2D eigenvalue weighted by Crippen LogP contribution is 2.21. The third-order valence-corrected chi connectivity index (χ3v) is 22.4. The average molecular weight is 1960 g/mol. The van der Waals surface area contributed by atoms with Gasteiger partial charge in [-0.3, -0.25) is 84.6 Å². The lowest BCUT2D eigenvalue weighted by Gasteiger charge is -2.28. The highest BCUT2D eigenvalue weighted by atomic mass is 16.4. The summed E-state index contributed by atoms with van der Waals surface area (Å²) < 4.78 is 0. The summed E-state index contributed by atoms with van der Waals surface area (Å²) in [4.78, 5) is 208. The Labute approximate surface area is 811 Å². The maximum atomic E-state index is 16.0. The quantitative estimate of drug-likeness (QED) is 0.00853. The number of guanidine groups is 5. The molecule has 14 amide bonds. The number of aliphatic carboxylic acids is 1. The van der Waals surface area contributed by atoms with E-state index in [1.54, 1.807) is 42.5 Å². The summed E-state index contributed by atoms with van der Waals surface area (Å²) in [7, 11) is 0. The maximum absolute atomic E-state index is 16.0. The van der Waals surface area contributed by atoms with Crippen molar-refractivity contribution >= 4 is 123 Å². The summed E-state index contributed by atoms with van der Waals surface area (Å²) in [6.07, 6.45) is 3.71. The van der Waals surface area contributed by atoms with Crippen LogP contribution in [0.5, 0.6) is 11.5 Å². The minimum absolute atomic E-state index is 0.0102. The summed E-state index contributed by atoms with van der Waals surface area (Å²) in [6, 6.07) is 1.96. The molecule has 5 rings (SSSR count). The second kappa shape index (κ2) is 62.5. The Balaban J connectivity index is 1.86. The Hall–Kier alpha value is -15.2. The van der Waals surface area contributed by atoms with E-state index >= 15 is 47.9 Å². The van der Waals surface area contributed by atoms with Crippen molar-refractivity contribution in [2.24, 2.45) is 57.5 Å². The summed E-state index contributed by atoms with van der Waals surface area (Å²) in [6.45, 7) is 1.74. The van der Waals surface area contributed by atoms with E-state index in [2.05, 4.69) is 95.7 Å². The number of carbonyl (C=O) groups excluding carboxylic acids is 13. The molecule has 140 heavy (non-hydrogen) atoms. The Morgan fingerprint density at radius 2 is 0.800 bits per heavy atom. The van der Waals surface area contributed by atoms with Crippen LogP contribution in [0.1, 0.15) is 152 Å². The fraction of sp³-hybridized carbons (Fsp3) is 0.505. The van der Waals surface area contributed by atoms with Crippen LogP contribution >= 0.6 is 0 Å². The molecule has 0 aliphatic carbocycles. The van der Waals surface area contributed by atoms with Crippen molar-refractivity contribution in [2.45, 2.75) is 233 Å². The van der Waals surface area contributed by atoms with Gasteiger partial charge in [0.1, 0.15) is 78.0 Å². The van der Waals surface area contributed by atoms with Crippen LogP contribution in [0.15, 0.2) is 115 Å². The lowest BCUT2D eigenvalue weighted by atomic mass is 9.99. The molecule has 0 unspecified atom stereocenters. The standard InChI is InChI=1S/C91H142N32O17/c1-52-28-35-58(18-6-8-40-92)112-75(128)62(22-7-9-41-93)114-77(130)67(24-12-44-108-88(99)100)119-83(136)71(50-54-32-38-60(125)39-33-54)122-80(133)64(117-84(137)72(51-55-29-34-56-16-2-3-17-57(56)48-55)123-81(134)65(23-11-43-107-87(97)98)113-74(127)61(94)19-10-42-106-86(95)96)21-5-4-20-63(79(132)120-69(85(138)139)27-15-46-110-90(103)104)115-76(129)66(26-14-47-111-91(105)140)116-78(131)68(25-13-45-109-89(101)102)118-82(135)70(121-73(52)126)49-53-30-36-59(124)37-31-53/h2-5,16-17,28-39,48,52,58,61-72,124-125H,6-15,18-27,40-47,49-51,92-94H2,1H3,(H,112,128)(H,113,127)(H,114,130)(H,115,129)(H,116,131)(H,117,137)(H,118,135)(H,119,136)(H,120,132)(H,121,126)(H,122,133)(H,123,134)(H,138,139)(H4,95,96,106)(H4,97,98,107)(H4,99,100,108)(H4,101,102,109)(H4,103,104,110)(H3,105,111,140)/b5-4+,35-28+/t52-,58-,61+,62+,63+,64+,65+,66+,67+,68+,69+,70+,71+,72+/m1/s1. The first-order chi connectivity index (χ1) is 66.7. The molecule has 1 heterocycles. The van der Waals surface area contributed by atoms with Crippen molar-refractivity contribution in [3.8, 4) is 11.5 Å². The second-order valence-electron chi connectivity index (χ2n) is 33.9. The molecule has 49 nitrogen and oxygen atoms in total. The van der Waals surface area contributed by atoms with E-state index in [1.165, 1.54) is 73.7 Å². The highest BCUT2D eigenvalue weighted by Gasteiger charge is 2.38. The minimum Gasteiger partial charge on any atom is -0.508 e. The van der Waals surface area contributed by atoms with Gasteiger partial charge in [-0.2, -0.15) is 0 Å². The number of carbonyl (C=O) groups is 14. The van der Waals surface area contributed by atoms with E-state index in [4.69, 9.17) is 78.6 Å². The smallest absolute Gasteiger partial charge is 0.326 e. The Morgan fingerprint density at radius 1 is 0.400 bits per heavy atom. The number of rotatable bonds is 47. The van der Waals surface area contributed by atoms with Gasteiger partial charge in [-0.1, -0.05) is 98.0 Å². The lowest BCUT2D eigenvalue weighted by molar-refractivity contribution is -0.142. The molecule has 0 spiro atoms. The summed E-state index contributed by atoms with van der Waals surface area (Å²) >= 11 is 0. The molecule has 4 aromatic rings. The van der Waals surface area contributed by atoms with E-state index in [9.17, 15) is 34.5 Å². The number of carboxylic acids is 1. The van der Waals surface area contributed by atoms with Crippen LogP contribution < -0.4 is 147 Å². The van der Waals surface area contributed by atoms with Gasteiger partial charge in [0, 0.05) is 64.6 Å². The highest BCUT2D eigenvalue weighted by molar-refractivity contribution is 6.00. The number of aromatic hydroxyl groups is 2. The molecule has 44 N–H and O–H groups in total. The number of urea groups is 1. The Bertz CT molecular complexity index is 4870. The average Bonchev–Trinajstić information content (AvgIpc) is 0.821. The third kappa shape index (κ3) is 45.2. The van der Waals surface area contributed by atoms with Crippen molar-refractivity contribution in [1.82, 2.24) is 95.7 Å². The number of carboxylic acid groups (broad SMARTS) is 1. The van der Waals surface area contributed by atoms with Crippen LogP contribution in [0, 0.1) is 33.0 Å². The number of hydrogen-bond acceptors (Lipinski definition) is 24. The number of hydrogen-bond donors (Lipinski definition) is 35. The zero-order valence-electron chi connectivity index (χ0n) is 78.7. The van der Waals surface area contributed by atoms with Crippen molar-refractivity contribution in [3.63, 3.8) is 0 Å². The summed E-state index contributed by atoms with van der Waals surface area (Å²) in [5.74, 6) is -17.0. The molecule has 0 radical (unpaired) electrons. The van der Waals surface area contributed by atoms with Crippen LogP contribution in [0.2, 0.25) is 0 Å². The summed E-state index contributed by atoms with van der Waals surface area (Å²) in [5.41, 5.74) is 52.8. The van der Waals surface area contributed by atoms with Crippen LogP contribution in [0.3, 0.4) is 0 Å². The van der Waals surface area contributed by atoms with Gasteiger partial charge in [0.25, 0.3) is 0 Å². The molecule has 768 valence electrons. The van der Waals surface area contributed by atoms with Gasteiger partial charge in [0.2, 0.25) is 70.9 Å². The number of primary amides is 1. The third-order valence-electron chi connectivity index (χ3n) is 22.4. The number of nitrogens with one attached hydrogen (secondary N) is 23. The van der Waals surface area contributed by atoms with E-state index in [-0.39, 0.29) is 185 Å². The van der Waals surface area contributed by atoms with E-state index in [0.717, 1.165) is 5.39 Å². The number of fused-ring (bicyclic) bond motifs is 1. The molecule has 0 fully saturated rings. The Kier molecular flexibility index (Phi) is 51.5. The topological polar surface area (TPSA) is 870 Å². The molecule has 49 heteroatoms. The van der Waals surface area contributed by atoms with Gasteiger partial charge in [-0.15, -0.1) is 0 Å². The van der Waals surface area contributed by atoms with Crippen molar-refractivity contribution < 1.29 is 82.4 Å². The second-order valence-corrected chi connectivity index (χ2v) is 33.9. The lowest BCUT2D eigenvalue weighted by Crippen LogP contribution is -2.60. The van der Waals surface area contributed by atoms with Crippen LogP contribution in [0.4, 0.5) is 4.79 Å². The fourth-order valence-electron chi connectivity index (χ4n) is 14.7. The normalized spacial score (nSPS) is 20.2. The molecule has 14 atom stereocenters. The molecular weight excluding hydrogens is 1810 g/mol. The first kappa shape index (κ1) is 115. The molecule has 0 saturated carbocycles.